The minimum atomic E-state index is -0.325. The summed E-state index contributed by atoms with van der Waals surface area (Å²) in [6, 6.07) is 0. The van der Waals surface area contributed by atoms with Crippen LogP contribution in [0.4, 0.5) is 0 Å². The third-order valence-corrected chi connectivity index (χ3v) is 1.23. The highest BCUT2D eigenvalue weighted by Gasteiger charge is 1.88. The third-order valence-electron chi connectivity index (χ3n) is 1.23. The quantitative estimate of drug-likeness (QED) is 0.367. The molecule has 0 heterocycles. The second-order valence-electron chi connectivity index (χ2n) is 2.14. The number of carbonyl (C=O) groups excluding carboxylic acids is 1. The maximum atomic E-state index is 10.5. The Labute approximate surface area is 66.7 Å². The first-order valence-corrected chi connectivity index (χ1v) is 3.66. The summed E-state index contributed by atoms with van der Waals surface area (Å²) >= 11 is 0. The fourth-order valence-electron chi connectivity index (χ4n) is 0.622. The number of esters is 1. The van der Waals surface area contributed by atoms with Crippen LogP contribution < -0.4 is 0 Å². The first-order valence-electron chi connectivity index (χ1n) is 3.66. The number of hydrogen-bond acceptors (Lipinski definition) is 3. The highest BCUT2D eigenvalue weighted by atomic mass is 16.5. The number of allylic oxidation sites excluding steroid dienone is 1. The largest absolute Gasteiger partial charge is 0.466 e. The Morgan fingerprint density at radius 2 is 2.27 bits per heavy atom. The van der Waals surface area contributed by atoms with Gasteiger partial charge in [0.2, 0.25) is 0 Å². The molecule has 0 saturated carbocycles. The van der Waals surface area contributed by atoms with Gasteiger partial charge >= 0.3 is 5.97 Å². The summed E-state index contributed by atoms with van der Waals surface area (Å²) in [7, 11) is 1.35. The Bertz CT molecular complexity index is 129. The van der Waals surface area contributed by atoms with Crippen molar-refractivity contribution in [3.05, 3.63) is 12.2 Å². The molecule has 0 fully saturated rings. The fraction of sp³-hybridized carbons (Fsp3) is 0.625. The zero-order valence-corrected chi connectivity index (χ0v) is 6.75. The molecule has 0 bridgehead atoms. The van der Waals surface area contributed by atoms with Gasteiger partial charge in [0.25, 0.3) is 0 Å². The van der Waals surface area contributed by atoms with E-state index in [0.29, 0.717) is 0 Å². The lowest BCUT2D eigenvalue weighted by Gasteiger charge is -1.91. The van der Waals surface area contributed by atoms with Gasteiger partial charge in [0, 0.05) is 12.7 Å². The molecule has 11 heavy (non-hydrogen) atoms. The van der Waals surface area contributed by atoms with E-state index in [1.807, 2.05) is 0 Å². The Kier molecular flexibility index (Phi) is 6.73. The molecule has 0 spiro atoms. The van der Waals surface area contributed by atoms with E-state index in [2.05, 4.69) is 4.74 Å². The van der Waals surface area contributed by atoms with E-state index in [1.165, 1.54) is 13.2 Å². The molecular weight excluding hydrogens is 144 g/mol. The van der Waals surface area contributed by atoms with Gasteiger partial charge in [0.1, 0.15) is 0 Å². The Hall–Kier alpha value is -0.830. The number of aliphatic hydroxyl groups excluding tert-OH is 1. The number of aliphatic hydroxyl groups is 1. The van der Waals surface area contributed by atoms with E-state index in [4.69, 9.17) is 5.11 Å². The van der Waals surface area contributed by atoms with Gasteiger partial charge in [0.05, 0.1) is 7.11 Å². The summed E-state index contributed by atoms with van der Waals surface area (Å²) in [5.41, 5.74) is 0. The number of hydrogen-bond donors (Lipinski definition) is 1. The second-order valence-corrected chi connectivity index (χ2v) is 2.14. The maximum absolute atomic E-state index is 10.5. The second kappa shape index (κ2) is 7.28. The van der Waals surface area contributed by atoms with Crippen LogP contribution in [0.5, 0.6) is 0 Å². The van der Waals surface area contributed by atoms with E-state index in [9.17, 15) is 4.79 Å². The molecule has 0 unspecified atom stereocenters. The van der Waals surface area contributed by atoms with Crippen molar-refractivity contribution < 1.29 is 14.6 Å². The molecular formula is C8H14O3. The standard InChI is InChI=1S/C8H14O3/c1-11-8(10)6-4-2-3-5-7-9/h4,6,9H,2-3,5,7H2,1H3/b6-4+. The van der Waals surface area contributed by atoms with E-state index in [-0.39, 0.29) is 12.6 Å². The van der Waals surface area contributed by atoms with Crippen molar-refractivity contribution in [1.82, 2.24) is 0 Å². The molecule has 3 heteroatoms. The van der Waals surface area contributed by atoms with Gasteiger partial charge in [-0.15, -0.1) is 0 Å². The van der Waals surface area contributed by atoms with Gasteiger partial charge in [-0.05, 0) is 19.3 Å². The van der Waals surface area contributed by atoms with Crippen molar-refractivity contribution in [2.45, 2.75) is 19.3 Å². The molecule has 0 radical (unpaired) electrons. The van der Waals surface area contributed by atoms with Crippen molar-refractivity contribution in [2.75, 3.05) is 13.7 Å². The van der Waals surface area contributed by atoms with Gasteiger partial charge in [-0.2, -0.15) is 0 Å². The summed E-state index contributed by atoms with van der Waals surface area (Å²) in [5.74, 6) is -0.325. The van der Waals surface area contributed by atoms with Crippen LogP contribution in [-0.2, 0) is 9.53 Å². The van der Waals surface area contributed by atoms with Crippen molar-refractivity contribution in [1.29, 1.82) is 0 Å². The normalized spacial score (nSPS) is 10.4. The molecule has 0 aliphatic carbocycles. The van der Waals surface area contributed by atoms with Crippen molar-refractivity contribution in [3.63, 3.8) is 0 Å². The van der Waals surface area contributed by atoms with Gasteiger partial charge in [-0.25, -0.2) is 4.79 Å². The molecule has 0 aromatic heterocycles. The van der Waals surface area contributed by atoms with Crippen LogP contribution >= 0.6 is 0 Å². The van der Waals surface area contributed by atoms with Crippen molar-refractivity contribution in [2.24, 2.45) is 0 Å². The topological polar surface area (TPSA) is 46.5 Å². The fourth-order valence-corrected chi connectivity index (χ4v) is 0.622. The Balaban J connectivity index is 3.22. The van der Waals surface area contributed by atoms with E-state index < -0.39 is 0 Å². The van der Waals surface area contributed by atoms with E-state index in [0.717, 1.165) is 19.3 Å². The van der Waals surface area contributed by atoms with Gasteiger partial charge in [-0.3, -0.25) is 0 Å². The predicted octanol–water partition coefficient (Wildman–Crippen LogP) is 0.878. The molecule has 0 atom stereocenters. The summed E-state index contributed by atoms with van der Waals surface area (Å²) in [6.45, 7) is 0.214. The van der Waals surface area contributed by atoms with E-state index >= 15 is 0 Å². The van der Waals surface area contributed by atoms with Crippen molar-refractivity contribution in [3.8, 4) is 0 Å². The highest BCUT2D eigenvalue weighted by molar-refractivity contribution is 5.81. The van der Waals surface area contributed by atoms with Crippen LogP contribution in [0.3, 0.4) is 0 Å². The van der Waals surface area contributed by atoms with Crippen LogP contribution in [0, 0.1) is 0 Å². The molecule has 0 saturated heterocycles. The Morgan fingerprint density at radius 3 is 2.82 bits per heavy atom. The number of ether oxygens (including phenoxy) is 1. The molecule has 0 aromatic carbocycles. The monoisotopic (exact) mass is 158 g/mol. The lowest BCUT2D eigenvalue weighted by Crippen LogP contribution is -1.93. The molecule has 1 N–H and O–H groups in total. The number of unbranched alkanes of at least 4 members (excludes halogenated alkanes) is 2. The molecule has 0 amide bonds. The van der Waals surface area contributed by atoms with Gasteiger partial charge in [-0.1, -0.05) is 6.08 Å². The lowest BCUT2D eigenvalue weighted by molar-refractivity contribution is -0.134. The number of rotatable bonds is 5. The SMILES string of the molecule is COC(=O)/C=C/CCCCO. The summed E-state index contributed by atoms with van der Waals surface area (Å²) in [4.78, 5) is 10.5. The lowest BCUT2D eigenvalue weighted by atomic mass is 10.2. The van der Waals surface area contributed by atoms with Gasteiger partial charge in [0.15, 0.2) is 0 Å². The molecule has 3 nitrogen and oxygen atoms in total. The molecule has 0 aliphatic rings. The predicted molar refractivity (Wildman–Crippen MR) is 42.1 cm³/mol. The molecule has 0 aromatic rings. The van der Waals surface area contributed by atoms with Crippen LogP contribution in [0.25, 0.3) is 0 Å². The third kappa shape index (κ3) is 7.06. The smallest absolute Gasteiger partial charge is 0.330 e. The minimum Gasteiger partial charge on any atom is -0.466 e. The first kappa shape index (κ1) is 10.2. The molecule has 0 aliphatic heterocycles. The first-order chi connectivity index (χ1) is 5.31. The summed E-state index contributed by atoms with van der Waals surface area (Å²) in [5, 5.41) is 8.41. The zero-order chi connectivity index (χ0) is 8.53. The van der Waals surface area contributed by atoms with Crippen molar-refractivity contribution >= 4 is 5.97 Å². The maximum Gasteiger partial charge on any atom is 0.330 e. The highest BCUT2D eigenvalue weighted by Crippen LogP contribution is 1.95. The summed E-state index contributed by atoms with van der Waals surface area (Å²) < 4.78 is 4.38. The number of carbonyl (C=O) groups is 1. The van der Waals surface area contributed by atoms with E-state index in [1.54, 1.807) is 6.08 Å². The number of methoxy groups -OCH3 is 1. The minimum absolute atomic E-state index is 0.214. The summed E-state index contributed by atoms with van der Waals surface area (Å²) in [6.07, 6.45) is 5.66. The molecule has 64 valence electrons. The molecule has 0 rings (SSSR count). The van der Waals surface area contributed by atoms with Crippen LogP contribution in [0.1, 0.15) is 19.3 Å². The Morgan fingerprint density at radius 1 is 1.55 bits per heavy atom. The average Bonchev–Trinajstić information content (AvgIpc) is 2.04. The van der Waals surface area contributed by atoms with Gasteiger partial charge < -0.3 is 9.84 Å². The van der Waals surface area contributed by atoms with Crippen LogP contribution in [0.15, 0.2) is 12.2 Å². The zero-order valence-electron chi connectivity index (χ0n) is 6.75. The average molecular weight is 158 g/mol. The van der Waals surface area contributed by atoms with Crippen LogP contribution in [-0.4, -0.2) is 24.8 Å². The van der Waals surface area contributed by atoms with Crippen LogP contribution in [0.2, 0.25) is 0 Å².